The third-order valence-electron chi connectivity index (χ3n) is 5.86. The van der Waals surface area contributed by atoms with E-state index in [1.807, 2.05) is 18.2 Å². The number of aromatic hydroxyl groups is 1. The molecule has 4 rings (SSSR count). The molecule has 0 amide bonds. The van der Waals surface area contributed by atoms with Crippen LogP contribution in [0, 0.1) is 17.9 Å². The fraction of sp³-hybridized carbons (Fsp3) is 0.259. The Morgan fingerprint density at radius 2 is 2.00 bits per heavy atom. The van der Waals surface area contributed by atoms with Crippen LogP contribution in [-0.2, 0) is 11.4 Å². The zero-order valence-electron chi connectivity index (χ0n) is 20.5. The standard InChI is InChI=1S/C25H23N5O2.C2HF3O2/c1-28-18-7-2-5-16(11-18)15-32-23-9-3-8-22(31)24(23)21-12-19(17-6-4-10-29-14-17)20(13-26)25(27)30-21;3-2(4,5)1(6)7/h2-3,5,7-9,11-12,17,29,31H,4,6,10,14-15H2,(H2,27,30);(H,6,7). The summed E-state index contributed by atoms with van der Waals surface area (Å²) in [5, 5.41) is 30.8. The average molecular weight is 540 g/mol. The fourth-order valence-corrected chi connectivity index (χ4v) is 4.05. The van der Waals surface area contributed by atoms with Gasteiger partial charge in [-0.25, -0.2) is 14.6 Å². The number of hydrogen-bond acceptors (Lipinski definition) is 7. The van der Waals surface area contributed by atoms with Crippen molar-refractivity contribution in [1.29, 1.82) is 5.26 Å². The van der Waals surface area contributed by atoms with E-state index in [2.05, 4.69) is 21.2 Å². The molecule has 2 heterocycles. The first kappa shape index (κ1) is 28.8. The Morgan fingerprint density at radius 1 is 1.28 bits per heavy atom. The van der Waals surface area contributed by atoms with Crippen LogP contribution in [-0.4, -0.2) is 40.4 Å². The molecule has 0 saturated carbocycles. The number of nitrogen functional groups attached to an aromatic ring is 1. The van der Waals surface area contributed by atoms with Crippen molar-refractivity contribution in [2.24, 2.45) is 0 Å². The van der Waals surface area contributed by atoms with Gasteiger partial charge in [-0.15, -0.1) is 0 Å². The number of carboxylic acids is 1. The summed E-state index contributed by atoms with van der Waals surface area (Å²) in [6.07, 6.45) is -3.12. The van der Waals surface area contributed by atoms with Gasteiger partial charge in [0.15, 0.2) is 5.69 Å². The lowest BCUT2D eigenvalue weighted by molar-refractivity contribution is -0.192. The number of alkyl halides is 3. The maximum atomic E-state index is 10.7. The summed E-state index contributed by atoms with van der Waals surface area (Å²) in [5.41, 5.74) is 9.66. The van der Waals surface area contributed by atoms with E-state index in [-0.39, 0.29) is 24.1 Å². The van der Waals surface area contributed by atoms with E-state index in [1.54, 1.807) is 30.3 Å². The van der Waals surface area contributed by atoms with Crippen LogP contribution in [0.25, 0.3) is 16.1 Å². The number of nitrogens with two attached hydrogens (primary N) is 1. The summed E-state index contributed by atoms with van der Waals surface area (Å²) in [6.45, 7) is 9.12. The second kappa shape index (κ2) is 12.6. The number of phenols is 1. The Balaban J connectivity index is 0.000000532. The van der Waals surface area contributed by atoms with E-state index in [9.17, 15) is 23.5 Å². The monoisotopic (exact) mass is 539 g/mol. The van der Waals surface area contributed by atoms with Gasteiger partial charge in [0.05, 0.1) is 23.4 Å². The summed E-state index contributed by atoms with van der Waals surface area (Å²) in [7, 11) is 0. The molecular weight excluding hydrogens is 515 g/mol. The predicted molar refractivity (Wildman–Crippen MR) is 136 cm³/mol. The normalized spacial score (nSPS) is 14.7. The molecule has 9 nitrogen and oxygen atoms in total. The highest BCUT2D eigenvalue weighted by molar-refractivity contribution is 5.77. The minimum atomic E-state index is -5.08. The topological polar surface area (TPSA) is 146 Å². The van der Waals surface area contributed by atoms with Gasteiger partial charge in [0.2, 0.25) is 0 Å². The zero-order valence-corrected chi connectivity index (χ0v) is 20.5. The molecule has 3 aromatic rings. The number of carboxylic acid groups (broad SMARTS) is 1. The molecule has 2 aromatic carbocycles. The first-order valence-electron chi connectivity index (χ1n) is 11.7. The molecule has 1 aromatic heterocycles. The summed E-state index contributed by atoms with van der Waals surface area (Å²) in [4.78, 5) is 16.8. The van der Waals surface area contributed by atoms with Crippen LogP contribution in [0.2, 0.25) is 0 Å². The predicted octanol–water partition coefficient (Wildman–Crippen LogP) is 5.14. The van der Waals surface area contributed by atoms with E-state index in [0.717, 1.165) is 37.1 Å². The molecule has 0 spiro atoms. The molecule has 1 aliphatic rings. The number of nitrogens with zero attached hydrogens (tertiary/aromatic N) is 3. The van der Waals surface area contributed by atoms with Crippen molar-refractivity contribution in [1.82, 2.24) is 10.3 Å². The van der Waals surface area contributed by atoms with Crippen LogP contribution in [0.3, 0.4) is 0 Å². The first-order chi connectivity index (χ1) is 18.5. The Labute approximate surface area is 222 Å². The van der Waals surface area contributed by atoms with Gasteiger partial charge >= 0.3 is 12.1 Å². The molecular formula is C27H24F3N5O4. The number of benzene rings is 2. The highest BCUT2D eigenvalue weighted by Gasteiger charge is 2.38. The second-order valence-electron chi connectivity index (χ2n) is 8.54. The van der Waals surface area contributed by atoms with Crippen molar-refractivity contribution in [3.8, 4) is 28.8 Å². The number of nitrogens with one attached hydrogen (secondary N) is 1. The van der Waals surface area contributed by atoms with Crippen LogP contribution in [0.15, 0.2) is 48.5 Å². The van der Waals surface area contributed by atoms with Crippen molar-refractivity contribution in [2.75, 3.05) is 18.8 Å². The van der Waals surface area contributed by atoms with Crippen molar-refractivity contribution >= 4 is 17.5 Å². The summed E-state index contributed by atoms with van der Waals surface area (Å²) >= 11 is 0. The van der Waals surface area contributed by atoms with Gasteiger partial charge in [-0.2, -0.15) is 18.4 Å². The van der Waals surface area contributed by atoms with Gasteiger partial charge in [0, 0.05) is 6.54 Å². The van der Waals surface area contributed by atoms with Crippen LogP contribution in [0.5, 0.6) is 11.5 Å². The van der Waals surface area contributed by atoms with Gasteiger partial charge in [0.1, 0.15) is 30.0 Å². The average Bonchev–Trinajstić information content (AvgIpc) is 2.92. The van der Waals surface area contributed by atoms with E-state index in [4.69, 9.17) is 26.9 Å². The molecule has 1 saturated heterocycles. The molecule has 5 N–H and O–H groups in total. The molecule has 39 heavy (non-hydrogen) atoms. The summed E-state index contributed by atoms with van der Waals surface area (Å²) in [5.74, 6) is -2.00. The van der Waals surface area contributed by atoms with Crippen molar-refractivity contribution in [3.05, 3.63) is 76.6 Å². The Kier molecular flexibility index (Phi) is 9.31. The second-order valence-corrected chi connectivity index (χ2v) is 8.54. The maximum absolute atomic E-state index is 10.7. The molecule has 1 fully saturated rings. The summed E-state index contributed by atoms with van der Waals surface area (Å²) in [6, 6.07) is 16.2. The van der Waals surface area contributed by atoms with E-state index in [0.29, 0.717) is 28.3 Å². The third-order valence-corrected chi connectivity index (χ3v) is 5.86. The Morgan fingerprint density at radius 3 is 2.62 bits per heavy atom. The number of aliphatic carboxylic acids is 1. The Hall–Kier alpha value is -4.81. The van der Waals surface area contributed by atoms with Crippen molar-refractivity contribution in [3.63, 3.8) is 0 Å². The number of carbonyl (C=O) groups is 1. The lowest BCUT2D eigenvalue weighted by Crippen LogP contribution is -2.29. The number of hydrogen-bond donors (Lipinski definition) is 4. The molecule has 0 bridgehead atoms. The number of nitriles is 1. The van der Waals surface area contributed by atoms with Gasteiger partial charge in [-0.1, -0.05) is 24.3 Å². The van der Waals surface area contributed by atoms with Gasteiger partial charge < -0.3 is 26.0 Å². The highest BCUT2D eigenvalue weighted by atomic mass is 19.4. The lowest BCUT2D eigenvalue weighted by atomic mass is 9.88. The van der Waals surface area contributed by atoms with E-state index < -0.39 is 12.1 Å². The van der Waals surface area contributed by atoms with Crippen LogP contribution >= 0.6 is 0 Å². The minimum Gasteiger partial charge on any atom is -0.507 e. The molecule has 1 unspecified atom stereocenters. The SMILES string of the molecule is O=C(O)C(F)(F)F.[C-]#[N+]c1cccc(COc2cccc(O)c2-c2cc(C3CCCNC3)c(C#N)c(N)n2)c1. The smallest absolute Gasteiger partial charge is 0.490 e. The number of ether oxygens (including phenoxy) is 1. The first-order valence-corrected chi connectivity index (χ1v) is 11.7. The molecule has 1 aliphatic heterocycles. The number of pyridine rings is 1. The molecule has 202 valence electrons. The van der Waals surface area contributed by atoms with Crippen LogP contribution in [0.1, 0.15) is 35.4 Å². The maximum Gasteiger partial charge on any atom is 0.490 e. The Bertz CT molecular complexity index is 1420. The van der Waals surface area contributed by atoms with Crippen LogP contribution < -0.4 is 15.8 Å². The largest absolute Gasteiger partial charge is 0.507 e. The fourth-order valence-electron chi connectivity index (χ4n) is 4.05. The number of halogens is 3. The quantitative estimate of drug-likeness (QED) is 0.326. The van der Waals surface area contributed by atoms with Gasteiger partial charge in [-0.3, -0.25) is 0 Å². The van der Waals surface area contributed by atoms with Crippen LogP contribution in [0.4, 0.5) is 24.7 Å². The molecule has 12 heteroatoms. The van der Waals surface area contributed by atoms with Gasteiger partial charge in [-0.05, 0) is 60.7 Å². The van der Waals surface area contributed by atoms with Crippen molar-refractivity contribution < 1.29 is 32.9 Å². The van der Waals surface area contributed by atoms with E-state index in [1.165, 1.54) is 0 Å². The molecule has 0 aliphatic carbocycles. The highest BCUT2D eigenvalue weighted by Crippen LogP contribution is 2.40. The molecule has 1 atom stereocenters. The minimum absolute atomic E-state index is 0.0155. The number of rotatable bonds is 5. The number of piperidine rings is 1. The number of aromatic nitrogens is 1. The lowest BCUT2D eigenvalue weighted by Gasteiger charge is -2.25. The number of anilines is 1. The molecule has 0 radical (unpaired) electrons. The van der Waals surface area contributed by atoms with E-state index >= 15 is 0 Å². The number of phenolic OH excluding ortho intramolecular Hbond substituents is 1. The van der Waals surface area contributed by atoms with Crippen molar-refractivity contribution in [2.45, 2.75) is 31.5 Å². The van der Waals surface area contributed by atoms with Gasteiger partial charge in [0.25, 0.3) is 0 Å². The summed E-state index contributed by atoms with van der Waals surface area (Å²) < 4.78 is 37.8. The third kappa shape index (κ3) is 7.37. The zero-order chi connectivity index (χ0) is 28.6.